The van der Waals surface area contributed by atoms with E-state index in [1.807, 2.05) is 32.9 Å². The number of carbonyl (C=O) groups excluding carboxylic acids is 1. The van der Waals surface area contributed by atoms with E-state index in [1.54, 1.807) is 16.9 Å². The van der Waals surface area contributed by atoms with Gasteiger partial charge in [-0.3, -0.25) is 4.79 Å². The maximum atomic E-state index is 11.1. The number of nitrogens with zero attached hydrogens (tertiary/aromatic N) is 2. The summed E-state index contributed by atoms with van der Waals surface area (Å²) in [7, 11) is 0. The van der Waals surface area contributed by atoms with Crippen molar-refractivity contribution in [3.05, 3.63) is 46.8 Å². The fraction of sp³-hybridized carbons (Fsp3) is 0.200. The van der Waals surface area contributed by atoms with Crippen LogP contribution in [-0.2, 0) is 0 Å². The van der Waals surface area contributed by atoms with E-state index in [0.29, 0.717) is 0 Å². The van der Waals surface area contributed by atoms with E-state index >= 15 is 0 Å². The molecule has 0 aliphatic carbocycles. The lowest BCUT2D eigenvalue weighted by molar-refractivity contribution is 0.0995. The molecular formula is C15H15N3O. The zero-order valence-corrected chi connectivity index (χ0v) is 11.2. The zero-order valence-electron chi connectivity index (χ0n) is 11.2. The number of hydrogen-bond donors (Lipinski definition) is 1. The van der Waals surface area contributed by atoms with Crippen molar-refractivity contribution >= 4 is 5.91 Å². The number of rotatable bonds is 2. The number of hydrogen-bond acceptors (Lipinski definition) is 2. The highest BCUT2D eigenvalue weighted by Crippen LogP contribution is 2.20. The maximum absolute atomic E-state index is 11.1. The Hall–Kier alpha value is -2.54. The first-order valence-electron chi connectivity index (χ1n) is 5.93. The van der Waals surface area contributed by atoms with Crippen molar-refractivity contribution in [2.24, 2.45) is 5.73 Å². The summed E-state index contributed by atoms with van der Waals surface area (Å²) in [5.41, 5.74) is 9.59. The van der Waals surface area contributed by atoms with Crippen molar-refractivity contribution in [3.8, 4) is 17.5 Å². The standard InChI is InChI=1S/C15H15N3O/c1-4-5-12-6-7-14(11(3)10(12)2)18-9-8-13(17-18)15(16)19/h6-9H,1-3H3,(H2,16,19). The van der Waals surface area contributed by atoms with Crippen LogP contribution in [0.25, 0.3) is 5.69 Å². The van der Waals surface area contributed by atoms with Gasteiger partial charge in [-0.25, -0.2) is 4.68 Å². The van der Waals surface area contributed by atoms with Crippen LogP contribution in [0.2, 0.25) is 0 Å². The predicted octanol–water partition coefficient (Wildman–Crippen LogP) is 1.96. The summed E-state index contributed by atoms with van der Waals surface area (Å²) in [6, 6.07) is 5.51. The van der Waals surface area contributed by atoms with Gasteiger partial charge in [-0.2, -0.15) is 5.10 Å². The summed E-state index contributed by atoms with van der Waals surface area (Å²) in [5.74, 6) is 5.44. The van der Waals surface area contributed by atoms with Crippen molar-refractivity contribution in [3.63, 3.8) is 0 Å². The molecular weight excluding hydrogens is 238 g/mol. The highest BCUT2D eigenvalue weighted by Gasteiger charge is 2.10. The van der Waals surface area contributed by atoms with E-state index in [2.05, 4.69) is 16.9 Å². The number of primary amides is 1. The molecule has 96 valence electrons. The van der Waals surface area contributed by atoms with Crippen LogP contribution < -0.4 is 5.73 Å². The van der Waals surface area contributed by atoms with Crippen LogP contribution in [0.3, 0.4) is 0 Å². The maximum Gasteiger partial charge on any atom is 0.269 e. The van der Waals surface area contributed by atoms with Gasteiger partial charge in [0.05, 0.1) is 5.69 Å². The SMILES string of the molecule is CC#Cc1ccc(-n2ccc(C(N)=O)n2)c(C)c1C. The third-order valence-electron chi connectivity index (χ3n) is 3.11. The molecule has 0 fully saturated rings. The molecule has 0 aliphatic heterocycles. The lowest BCUT2D eigenvalue weighted by Crippen LogP contribution is -2.12. The summed E-state index contributed by atoms with van der Waals surface area (Å²) in [4.78, 5) is 11.1. The molecule has 1 aromatic carbocycles. The number of benzene rings is 1. The van der Waals surface area contributed by atoms with Gasteiger partial charge >= 0.3 is 0 Å². The Bertz CT molecular complexity index is 702. The van der Waals surface area contributed by atoms with Crippen molar-refractivity contribution < 1.29 is 4.79 Å². The first-order chi connectivity index (χ1) is 9.04. The van der Waals surface area contributed by atoms with Gasteiger partial charge in [0, 0.05) is 11.8 Å². The smallest absolute Gasteiger partial charge is 0.269 e. The number of amides is 1. The van der Waals surface area contributed by atoms with Gasteiger partial charge < -0.3 is 5.73 Å². The van der Waals surface area contributed by atoms with Gasteiger partial charge in [0.2, 0.25) is 0 Å². The molecule has 0 bridgehead atoms. The van der Waals surface area contributed by atoms with Gasteiger partial charge in [0.15, 0.2) is 0 Å². The Labute approximate surface area is 112 Å². The molecule has 1 heterocycles. The summed E-state index contributed by atoms with van der Waals surface area (Å²) < 4.78 is 1.66. The predicted molar refractivity (Wildman–Crippen MR) is 74.1 cm³/mol. The van der Waals surface area contributed by atoms with Crippen LogP contribution >= 0.6 is 0 Å². The minimum Gasteiger partial charge on any atom is -0.364 e. The first kappa shape index (κ1) is 12.9. The van der Waals surface area contributed by atoms with Gasteiger partial charge in [-0.15, -0.1) is 5.92 Å². The zero-order chi connectivity index (χ0) is 14.0. The van der Waals surface area contributed by atoms with E-state index < -0.39 is 5.91 Å². The monoisotopic (exact) mass is 253 g/mol. The molecule has 2 N–H and O–H groups in total. The number of carbonyl (C=O) groups is 1. The normalized spacial score (nSPS) is 9.84. The largest absolute Gasteiger partial charge is 0.364 e. The molecule has 0 saturated carbocycles. The molecule has 2 rings (SSSR count). The highest BCUT2D eigenvalue weighted by molar-refractivity contribution is 5.90. The molecule has 1 aromatic heterocycles. The summed E-state index contributed by atoms with van der Waals surface area (Å²) in [5, 5.41) is 4.16. The minimum absolute atomic E-state index is 0.259. The van der Waals surface area contributed by atoms with Crippen molar-refractivity contribution in [1.82, 2.24) is 9.78 Å². The Morgan fingerprint density at radius 2 is 2.00 bits per heavy atom. The second-order valence-electron chi connectivity index (χ2n) is 4.27. The van der Waals surface area contributed by atoms with Crippen molar-refractivity contribution in [2.45, 2.75) is 20.8 Å². The molecule has 0 saturated heterocycles. The second kappa shape index (κ2) is 4.99. The Morgan fingerprint density at radius 1 is 1.26 bits per heavy atom. The fourth-order valence-electron chi connectivity index (χ4n) is 1.91. The summed E-state index contributed by atoms with van der Waals surface area (Å²) >= 11 is 0. The third kappa shape index (κ3) is 2.36. The first-order valence-corrected chi connectivity index (χ1v) is 5.93. The topological polar surface area (TPSA) is 60.9 Å². The Kier molecular flexibility index (Phi) is 3.39. The van der Waals surface area contributed by atoms with Crippen LogP contribution in [0.15, 0.2) is 24.4 Å². The molecule has 4 heteroatoms. The van der Waals surface area contributed by atoms with E-state index in [4.69, 9.17) is 5.73 Å². The van der Waals surface area contributed by atoms with Gasteiger partial charge in [-0.05, 0) is 50.1 Å². The van der Waals surface area contributed by atoms with Crippen LogP contribution in [0.4, 0.5) is 0 Å². The van der Waals surface area contributed by atoms with E-state index in [9.17, 15) is 4.79 Å². The minimum atomic E-state index is -0.526. The van der Waals surface area contributed by atoms with Crippen LogP contribution in [0.1, 0.15) is 34.1 Å². The molecule has 0 spiro atoms. The summed E-state index contributed by atoms with van der Waals surface area (Å²) in [6.07, 6.45) is 1.73. The molecule has 0 unspecified atom stereocenters. The van der Waals surface area contributed by atoms with E-state index in [0.717, 1.165) is 22.4 Å². The van der Waals surface area contributed by atoms with Gasteiger partial charge in [0.25, 0.3) is 5.91 Å². The van der Waals surface area contributed by atoms with Crippen LogP contribution in [0.5, 0.6) is 0 Å². The number of nitrogens with two attached hydrogens (primary N) is 1. The molecule has 0 aliphatic rings. The molecule has 2 aromatic rings. The molecule has 1 amide bonds. The molecule has 0 atom stereocenters. The average molecular weight is 253 g/mol. The Morgan fingerprint density at radius 3 is 2.58 bits per heavy atom. The van der Waals surface area contributed by atoms with E-state index in [1.165, 1.54) is 0 Å². The lowest BCUT2D eigenvalue weighted by Gasteiger charge is -2.10. The number of aromatic nitrogens is 2. The fourth-order valence-corrected chi connectivity index (χ4v) is 1.91. The van der Waals surface area contributed by atoms with Gasteiger partial charge in [-0.1, -0.05) is 5.92 Å². The molecule has 0 radical (unpaired) electrons. The van der Waals surface area contributed by atoms with Crippen molar-refractivity contribution in [2.75, 3.05) is 0 Å². The van der Waals surface area contributed by atoms with Crippen LogP contribution in [-0.4, -0.2) is 15.7 Å². The van der Waals surface area contributed by atoms with Crippen LogP contribution in [0, 0.1) is 25.7 Å². The third-order valence-corrected chi connectivity index (χ3v) is 3.11. The molecule has 4 nitrogen and oxygen atoms in total. The second-order valence-corrected chi connectivity index (χ2v) is 4.27. The highest BCUT2D eigenvalue weighted by atomic mass is 16.1. The van der Waals surface area contributed by atoms with Crippen molar-refractivity contribution in [1.29, 1.82) is 0 Å². The Balaban J connectivity index is 2.53. The lowest BCUT2D eigenvalue weighted by atomic mass is 10.0. The molecule has 19 heavy (non-hydrogen) atoms. The van der Waals surface area contributed by atoms with E-state index in [-0.39, 0.29) is 5.69 Å². The summed E-state index contributed by atoms with van der Waals surface area (Å²) in [6.45, 7) is 5.85. The average Bonchev–Trinajstić information content (AvgIpc) is 2.85. The quantitative estimate of drug-likeness (QED) is 0.832. The van der Waals surface area contributed by atoms with Gasteiger partial charge in [0.1, 0.15) is 5.69 Å².